The molecule has 1 saturated carbocycles. The molecule has 0 saturated heterocycles. The molecule has 1 atom stereocenters. The Morgan fingerprint density at radius 1 is 1.38 bits per heavy atom. The van der Waals surface area contributed by atoms with E-state index in [1.54, 1.807) is 6.20 Å². The quantitative estimate of drug-likeness (QED) is 0.659. The maximum atomic E-state index is 6.39. The molecule has 5 heteroatoms. The number of nitrogens with one attached hydrogen (secondary N) is 1. The molecule has 3 rings (SSSR count). The summed E-state index contributed by atoms with van der Waals surface area (Å²) in [4.78, 5) is 0. The van der Waals surface area contributed by atoms with E-state index in [0.29, 0.717) is 5.02 Å². The van der Waals surface area contributed by atoms with E-state index in [-0.39, 0.29) is 11.5 Å². The van der Waals surface area contributed by atoms with Crippen molar-refractivity contribution in [1.82, 2.24) is 15.2 Å². The summed E-state index contributed by atoms with van der Waals surface area (Å²) in [5.74, 6) is 5.94. The maximum Gasteiger partial charge on any atom is 0.0835 e. The zero-order valence-corrected chi connectivity index (χ0v) is 13.0. The highest BCUT2D eigenvalue weighted by Crippen LogP contribution is 2.52. The van der Waals surface area contributed by atoms with Gasteiger partial charge in [0.2, 0.25) is 0 Å². The highest BCUT2D eigenvalue weighted by Gasteiger charge is 2.47. The van der Waals surface area contributed by atoms with Gasteiger partial charge in [0.05, 0.1) is 23.0 Å². The van der Waals surface area contributed by atoms with Crippen molar-refractivity contribution in [3.05, 3.63) is 52.8 Å². The van der Waals surface area contributed by atoms with Gasteiger partial charge in [0.15, 0.2) is 0 Å². The van der Waals surface area contributed by atoms with Crippen LogP contribution >= 0.6 is 11.6 Å². The molecule has 4 nitrogen and oxygen atoms in total. The first kappa shape index (κ1) is 14.6. The molecule has 1 unspecified atom stereocenters. The van der Waals surface area contributed by atoms with Gasteiger partial charge in [-0.25, -0.2) is 0 Å². The van der Waals surface area contributed by atoms with Crippen molar-refractivity contribution < 1.29 is 0 Å². The molecule has 0 spiro atoms. The molecule has 0 amide bonds. The van der Waals surface area contributed by atoms with Crippen molar-refractivity contribution in [2.75, 3.05) is 0 Å². The third kappa shape index (κ3) is 2.27. The summed E-state index contributed by atoms with van der Waals surface area (Å²) in [5, 5.41) is 5.04. The van der Waals surface area contributed by atoms with Crippen LogP contribution in [-0.2, 0) is 12.0 Å². The summed E-state index contributed by atoms with van der Waals surface area (Å²) in [6.07, 6.45) is 5.14. The number of hydrogen-bond acceptors (Lipinski definition) is 3. The average molecular weight is 305 g/mol. The molecule has 0 aliphatic heterocycles. The van der Waals surface area contributed by atoms with E-state index in [9.17, 15) is 0 Å². The monoisotopic (exact) mass is 304 g/mol. The van der Waals surface area contributed by atoms with Gasteiger partial charge in [-0.05, 0) is 25.3 Å². The molecule has 21 heavy (non-hydrogen) atoms. The van der Waals surface area contributed by atoms with Crippen LogP contribution in [0.1, 0.15) is 43.5 Å². The fourth-order valence-electron chi connectivity index (χ4n) is 3.48. The number of rotatable bonds is 5. The van der Waals surface area contributed by atoms with E-state index in [1.807, 2.05) is 10.7 Å². The van der Waals surface area contributed by atoms with E-state index < -0.39 is 0 Å². The largest absolute Gasteiger partial charge is 0.271 e. The Bertz CT molecular complexity index is 604. The highest BCUT2D eigenvalue weighted by molar-refractivity contribution is 6.31. The van der Waals surface area contributed by atoms with E-state index in [1.165, 1.54) is 12.0 Å². The topological polar surface area (TPSA) is 55.9 Å². The summed E-state index contributed by atoms with van der Waals surface area (Å²) in [6.45, 7) is 2.85. The number of hydrazine groups is 1. The SMILES string of the molecule is CCn1ncc(Cl)c1C(NN)C1(c2ccccc2)CCC1. The van der Waals surface area contributed by atoms with Gasteiger partial charge in [0.1, 0.15) is 0 Å². The van der Waals surface area contributed by atoms with Crippen molar-refractivity contribution in [3.63, 3.8) is 0 Å². The minimum atomic E-state index is -0.0244. The molecule has 0 bridgehead atoms. The zero-order valence-electron chi connectivity index (χ0n) is 12.2. The number of halogens is 1. The predicted octanol–water partition coefficient (Wildman–Crippen LogP) is 3.18. The second-order valence-corrected chi connectivity index (χ2v) is 6.08. The fourth-order valence-corrected chi connectivity index (χ4v) is 3.73. The van der Waals surface area contributed by atoms with E-state index in [2.05, 4.69) is 41.7 Å². The summed E-state index contributed by atoms with van der Waals surface area (Å²) in [7, 11) is 0. The Hall–Kier alpha value is -1.36. The van der Waals surface area contributed by atoms with Crippen LogP contribution in [0.25, 0.3) is 0 Å². The van der Waals surface area contributed by atoms with Gasteiger partial charge in [-0.15, -0.1) is 0 Å². The van der Waals surface area contributed by atoms with E-state index in [0.717, 1.165) is 25.1 Å². The lowest BCUT2D eigenvalue weighted by molar-refractivity contribution is 0.163. The van der Waals surface area contributed by atoms with Crippen LogP contribution in [0.4, 0.5) is 0 Å². The van der Waals surface area contributed by atoms with Crippen LogP contribution in [0.2, 0.25) is 5.02 Å². The molecule has 3 N–H and O–H groups in total. The molecular formula is C16H21ClN4. The van der Waals surface area contributed by atoms with Crippen molar-refractivity contribution in [3.8, 4) is 0 Å². The number of aromatic nitrogens is 2. The third-order valence-electron chi connectivity index (χ3n) is 4.72. The van der Waals surface area contributed by atoms with Crippen LogP contribution in [0.3, 0.4) is 0 Å². The molecule has 1 heterocycles. The van der Waals surface area contributed by atoms with Gasteiger partial charge in [-0.3, -0.25) is 16.0 Å². The van der Waals surface area contributed by atoms with Gasteiger partial charge < -0.3 is 0 Å². The first-order valence-electron chi connectivity index (χ1n) is 7.46. The van der Waals surface area contributed by atoms with Gasteiger partial charge in [0, 0.05) is 12.0 Å². The number of nitrogens with two attached hydrogens (primary N) is 1. The zero-order chi connectivity index (χ0) is 14.9. The molecule has 1 aromatic carbocycles. The Morgan fingerprint density at radius 3 is 2.62 bits per heavy atom. The van der Waals surface area contributed by atoms with Crippen molar-refractivity contribution in [2.24, 2.45) is 5.84 Å². The third-order valence-corrected chi connectivity index (χ3v) is 5.01. The van der Waals surface area contributed by atoms with Crippen molar-refractivity contribution >= 4 is 11.6 Å². The lowest BCUT2D eigenvalue weighted by atomic mass is 9.59. The Labute approximate surface area is 130 Å². The summed E-state index contributed by atoms with van der Waals surface area (Å²) < 4.78 is 1.94. The standard InChI is InChI=1S/C16H21ClN4/c1-2-21-14(13(17)11-19-21)15(20-18)16(9-6-10-16)12-7-4-3-5-8-12/h3-5,7-8,11,15,20H,2,6,9-10,18H2,1H3. The van der Waals surface area contributed by atoms with Crippen LogP contribution in [0.5, 0.6) is 0 Å². The van der Waals surface area contributed by atoms with E-state index >= 15 is 0 Å². The molecule has 1 aliphatic carbocycles. The molecule has 1 aromatic heterocycles. The molecule has 1 fully saturated rings. The second-order valence-electron chi connectivity index (χ2n) is 5.67. The minimum Gasteiger partial charge on any atom is -0.271 e. The normalized spacial score (nSPS) is 18.2. The van der Waals surface area contributed by atoms with Gasteiger partial charge in [-0.2, -0.15) is 5.10 Å². The average Bonchev–Trinajstić information content (AvgIpc) is 2.84. The fraction of sp³-hybridized carbons (Fsp3) is 0.438. The summed E-state index contributed by atoms with van der Waals surface area (Å²) in [5.41, 5.74) is 5.33. The van der Waals surface area contributed by atoms with E-state index in [4.69, 9.17) is 17.4 Å². The lowest BCUT2D eigenvalue weighted by Crippen LogP contribution is -2.49. The van der Waals surface area contributed by atoms with Crippen LogP contribution in [0, 0.1) is 0 Å². The Balaban J connectivity index is 2.08. The smallest absolute Gasteiger partial charge is 0.0835 e. The number of nitrogens with zero attached hydrogens (tertiary/aromatic N) is 2. The molecule has 2 aromatic rings. The van der Waals surface area contributed by atoms with Crippen LogP contribution in [0.15, 0.2) is 36.5 Å². The van der Waals surface area contributed by atoms with Gasteiger partial charge >= 0.3 is 0 Å². The number of aryl methyl sites for hydroxylation is 1. The Morgan fingerprint density at radius 2 is 2.10 bits per heavy atom. The summed E-state index contributed by atoms with van der Waals surface area (Å²) >= 11 is 6.39. The minimum absolute atomic E-state index is 0.00655. The first-order chi connectivity index (χ1) is 10.2. The molecular weight excluding hydrogens is 284 g/mol. The number of hydrogen-bond donors (Lipinski definition) is 2. The number of benzene rings is 1. The van der Waals surface area contributed by atoms with Crippen LogP contribution in [-0.4, -0.2) is 9.78 Å². The van der Waals surface area contributed by atoms with Gasteiger partial charge in [0.25, 0.3) is 0 Å². The molecule has 112 valence electrons. The van der Waals surface area contributed by atoms with Crippen molar-refractivity contribution in [1.29, 1.82) is 0 Å². The van der Waals surface area contributed by atoms with Gasteiger partial charge in [-0.1, -0.05) is 48.4 Å². The molecule has 0 radical (unpaired) electrons. The Kier molecular flexibility index (Phi) is 4.02. The highest BCUT2D eigenvalue weighted by atomic mass is 35.5. The van der Waals surface area contributed by atoms with Crippen LogP contribution < -0.4 is 11.3 Å². The summed E-state index contributed by atoms with van der Waals surface area (Å²) in [6, 6.07) is 10.6. The molecule has 1 aliphatic rings. The second kappa shape index (κ2) is 5.79. The predicted molar refractivity (Wildman–Crippen MR) is 84.9 cm³/mol. The van der Waals surface area contributed by atoms with Crippen molar-refractivity contribution in [2.45, 2.75) is 44.2 Å². The first-order valence-corrected chi connectivity index (χ1v) is 7.83. The maximum absolute atomic E-state index is 6.39. The lowest BCUT2D eigenvalue weighted by Gasteiger charge is -2.48.